The molecular formula is C10H18N2O3. The summed E-state index contributed by atoms with van der Waals surface area (Å²) >= 11 is 0. The Morgan fingerprint density at radius 3 is 2.47 bits per heavy atom. The first-order chi connectivity index (χ1) is 6.97. The van der Waals surface area contributed by atoms with Crippen molar-refractivity contribution in [3.05, 3.63) is 18.2 Å². The number of ether oxygens (including phenoxy) is 1. The Labute approximate surface area is 89.7 Å². The van der Waals surface area contributed by atoms with Gasteiger partial charge in [-0.15, -0.1) is 0 Å². The Balaban J connectivity index is 0.000000336. The second-order valence-corrected chi connectivity index (χ2v) is 3.52. The highest BCUT2D eigenvalue weighted by molar-refractivity contribution is 5.56. The first kappa shape index (κ1) is 13.5. The second kappa shape index (κ2) is 6.86. The number of carbonyl (C=O) groups is 1. The summed E-state index contributed by atoms with van der Waals surface area (Å²) < 4.78 is 5.74. The number of aryl methyl sites for hydroxylation is 1. The average Bonchev–Trinajstić information content (AvgIpc) is 2.52. The molecule has 1 heterocycles. The molecule has 0 saturated heterocycles. The number of aromatic nitrogens is 2. The van der Waals surface area contributed by atoms with Gasteiger partial charge in [0.15, 0.2) is 0 Å². The molecule has 0 atom stereocenters. The van der Waals surface area contributed by atoms with Crippen molar-refractivity contribution < 1.29 is 14.6 Å². The molecule has 5 nitrogen and oxygen atoms in total. The zero-order chi connectivity index (χ0) is 11.8. The van der Waals surface area contributed by atoms with Crippen LogP contribution < -0.4 is 0 Å². The monoisotopic (exact) mass is 214 g/mol. The minimum absolute atomic E-state index is 0.695. The molecule has 0 radical (unpaired) electrons. The van der Waals surface area contributed by atoms with E-state index in [2.05, 4.69) is 28.1 Å². The third-order valence-corrected chi connectivity index (χ3v) is 1.69. The number of hydrogen-bond acceptors (Lipinski definition) is 3. The van der Waals surface area contributed by atoms with Crippen LogP contribution in [0.5, 0.6) is 0 Å². The lowest BCUT2D eigenvalue weighted by atomic mass is 10.1. The van der Waals surface area contributed by atoms with Crippen molar-refractivity contribution in [1.29, 1.82) is 0 Å². The van der Waals surface area contributed by atoms with E-state index >= 15 is 0 Å². The summed E-state index contributed by atoms with van der Waals surface area (Å²) in [6.45, 7) is 4.41. The summed E-state index contributed by atoms with van der Waals surface area (Å²) in [7, 11) is 3.13. The molecule has 0 aliphatic heterocycles. The van der Waals surface area contributed by atoms with E-state index in [-0.39, 0.29) is 0 Å². The molecule has 86 valence electrons. The van der Waals surface area contributed by atoms with Gasteiger partial charge >= 0.3 is 6.16 Å². The first-order valence-electron chi connectivity index (χ1n) is 4.70. The Morgan fingerprint density at radius 2 is 2.20 bits per heavy atom. The Bertz CT molecular complexity index is 295. The lowest BCUT2D eigenvalue weighted by Gasteiger charge is -2.03. The van der Waals surface area contributed by atoms with E-state index in [9.17, 15) is 0 Å². The molecule has 15 heavy (non-hydrogen) atoms. The third kappa shape index (κ3) is 6.54. The molecule has 0 fully saturated rings. The summed E-state index contributed by atoms with van der Waals surface area (Å²) in [6, 6.07) is 0. The van der Waals surface area contributed by atoms with Crippen molar-refractivity contribution in [3.8, 4) is 0 Å². The highest BCUT2D eigenvalue weighted by Crippen LogP contribution is 2.03. The molecule has 0 aliphatic rings. The fraction of sp³-hybridized carbons (Fsp3) is 0.600. The molecule has 1 aromatic heterocycles. The maximum atomic E-state index is 9.15. The van der Waals surface area contributed by atoms with Gasteiger partial charge in [0.25, 0.3) is 0 Å². The lowest BCUT2D eigenvalue weighted by Crippen LogP contribution is -2.01. The van der Waals surface area contributed by atoms with E-state index in [1.807, 2.05) is 19.4 Å². The molecule has 0 saturated carbocycles. The van der Waals surface area contributed by atoms with Crippen molar-refractivity contribution in [2.45, 2.75) is 20.3 Å². The molecule has 1 N–H and O–H groups in total. The average molecular weight is 214 g/mol. The van der Waals surface area contributed by atoms with E-state index in [1.165, 1.54) is 5.82 Å². The number of carboxylic acid groups (broad SMARTS) is 1. The molecule has 1 rings (SSSR count). The van der Waals surface area contributed by atoms with Crippen LogP contribution in [0.3, 0.4) is 0 Å². The molecule has 1 aromatic rings. The van der Waals surface area contributed by atoms with Gasteiger partial charge in [0.2, 0.25) is 0 Å². The fourth-order valence-electron chi connectivity index (χ4n) is 0.958. The zero-order valence-electron chi connectivity index (χ0n) is 9.60. The van der Waals surface area contributed by atoms with Gasteiger partial charge in [0.05, 0.1) is 7.11 Å². The number of rotatable bonds is 2. The van der Waals surface area contributed by atoms with Crippen molar-refractivity contribution in [3.63, 3.8) is 0 Å². The molecule has 0 unspecified atom stereocenters. The van der Waals surface area contributed by atoms with Crippen LogP contribution in [-0.4, -0.2) is 27.9 Å². The van der Waals surface area contributed by atoms with Crippen LogP contribution >= 0.6 is 0 Å². The minimum Gasteiger partial charge on any atom is -0.450 e. The highest BCUT2D eigenvalue weighted by Gasteiger charge is 2.00. The number of nitrogens with zero attached hydrogens (tertiary/aromatic N) is 2. The van der Waals surface area contributed by atoms with E-state index in [4.69, 9.17) is 9.90 Å². The number of imidazole rings is 1. The normalized spacial score (nSPS) is 9.40. The van der Waals surface area contributed by atoms with Crippen LogP contribution in [0.15, 0.2) is 12.4 Å². The van der Waals surface area contributed by atoms with Gasteiger partial charge in [-0.05, 0) is 5.92 Å². The van der Waals surface area contributed by atoms with E-state index < -0.39 is 6.16 Å². The molecule has 0 aromatic carbocycles. The SMILES string of the molecule is CC(C)Cc1nccn1C.COC(=O)O. The molecule has 0 spiro atoms. The molecule has 0 amide bonds. The smallest absolute Gasteiger partial charge is 0.450 e. The molecular weight excluding hydrogens is 196 g/mol. The van der Waals surface area contributed by atoms with Crippen molar-refractivity contribution >= 4 is 6.16 Å². The molecule has 0 aliphatic carbocycles. The second-order valence-electron chi connectivity index (χ2n) is 3.52. The van der Waals surface area contributed by atoms with Crippen LogP contribution in [0.4, 0.5) is 4.79 Å². The molecule has 5 heteroatoms. The Kier molecular flexibility index (Phi) is 6.17. The molecule has 0 bridgehead atoms. The summed E-state index contributed by atoms with van der Waals surface area (Å²) in [4.78, 5) is 13.4. The van der Waals surface area contributed by atoms with Crippen molar-refractivity contribution in [2.75, 3.05) is 7.11 Å². The highest BCUT2D eigenvalue weighted by atomic mass is 16.6. The van der Waals surface area contributed by atoms with E-state index in [0.717, 1.165) is 13.5 Å². The van der Waals surface area contributed by atoms with Gasteiger partial charge in [-0.3, -0.25) is 0 Å². The summed E-state index contributed by atoms with van der Waals surface area (Å²) in [6.07, 6.45) is 3.66. The van der Waals surface area contributed by atoms with Gasteiger partial charge < -0.3 is 14.4 Å². The summed E-state index contributed by atoms with van der Waals surface area (Å²) in [5.74, 6) is 1.87. The predicted octanol–water partition coefficient (Wildman–Crippen LogP) is 1.93. The van der Waals surface area contributed by atoms with Crippen LogP contribution in [-0.2, 0) is 18.2 Å². The van der Waals surface area contributed by atoms with Gasteiger partial charge in [-0.1, -0.05) is 13.8 Å². The van der Waals surface area contributed by atoms with Crippen LogP contribution in [0.25, 0.3) is 0 Å². The van der Waals surface area contributed by atoms with E-state index in [1.54, 1.807) is 0 Å². The van der Waals surface area contributed by atoms with Crippen LogP contribution in [0.1, 0.15) is 19.7 Å². The number of hydrogen-bond donors (Lipinski definition) is 1. The maximum absolute atomic E-state index is 9.15. The third-order valence-electron chi connectivity index (χ3n) is 1.69. The quantitative estimate of drug-likeness (QED) is 0.764. The predicted molar refractivity (Wildman–Crippen MR) is 56.8 cm³/mol. The van der Waals surface area contributed by atoms with Gasteiger partial charge in [-0.2, -0.15) is 0 Å². The summed E-state index contributed by atoms with van der Waals surface area (Å²) in [5.41, 5.74) is 0. The van der Waals surface area contributed by atoms with E-state index in [0.29, 0.717) is 5.92 Å². The summed E-state index contributed by atoms with van der Waals surface area (Å²) in [5, 5.41) is 7.50. The largest absolute Gasteiger partial charge is 0.505 e. The fourth-order valence-corrected chi connectivity index (χ4v) is 0.958. The zero-order valence-corrected chi connectivity index (χ0v) is 9.60. The van der Waals surface area contributed by atoms with Crippen LogP contribution in [0.2, 0.25) is 0 Å². The van der Waals surface area contributed by atoms with Gasteiger partial charge in [0, 0.05) is 25.9 Å². The Hall–Kier alpha value is -1.52. The lowest BCUT2D eigenvalue weighted by molar-refractivity contribution is 0.114. The van der Waals surface area contributed by atoms with Gasteiger partial charge in [0.1, 0.15) is 5.82 Å². The van der Waals surface area contributed by atoms with Crippen LogP contribution in [0, 0.1) is 5.92 Å². The van der Waals surface area contributed by atoms with Gasteiger partial charge in [-0.25, -0.2) is 9.78 Å². The maximum Gasteiger partial charge on any atom is 0.505 e. The van der Waals surface area contributed by atoms with Crippen molar-refractivity contribution in [1.82, 2.24) is 9.55 Å². The first-order valence-corrected chi connectivity index (χ1v) is 4.70. The Morgan fingerprint density at radius 1 is 1.67 bits per heavy atom. The number of methoxy groups -OCH3 is 1. The topological polar surface area (TPSA) is 64.4 Å². The minimum atomic E-state index is -1.25. The standard InChI is InChI=1S/C8H14N2.C2H4O3/c1-7(2)6-8-9-4-5-10(8)3;1-5-2(3)4/h4-5,7H,6H2,1-3H3;1H3,(H,3,4). The van der Waals surface area contributed by atoms with Crippen molar-refractivity contribution in [2.24, 2.45) is 13.0 Å².